The fraction of sp³-hybridized carbons (Fsp3) is 0.421. The van der Waals surface area contributed by atoms with Crippen LogP contribution in [0.4, 0.5) is 0 Å². The molecule has 1 aliphatic heterocycles. The molecule has 0 saturated carbocycles. The van der Waals surface area contributed by atoms with Crippen LogP contribution in [0.5, 0.6) is 0 Å². The standard InChI is InChI=1S/C19H24N4O/c1-23-9-5-8-16(14-23)10-17-12-21-18(13-20-17)19(24)22-11-15-6-3-2-4-7-15/h2-4,6-7,12-13,16H,5,8-11,14H2,1H3,(H,22,24). The van der Waals surface area contributed by atoms with Crippen LogP contribution in [-0.4, -0.2) is 40.9 Å². The van der Waals surface area contributed by atoms with Crippen molar-refractivity contribution in [3.8, 4) is 0 Å². The Morgan fingerprint density at radius 3 is 2.79 bits per heavy atom. The number of amides is 1. The third-order valence-corrected chi connectivity index (χ3v) is 4.45. The molecule has 0 aliphatic carbocycles. The van der Waals surface area contributed by atoms with Crippen molar-refractivity contribution in [2.45, 2.75) is 25.8 Å². The number of likely N-dealkylation sites (tertiary alicyclic amines) is 1. The number of rotatable bonds is 5. The lowest BCUT2D eigenvalue weighted by Crippen LogP contribution is -2.33. The van der Waals surface area contributed by atoms with Crippen LogP contribution in [0.3, 0.4) is 0 Å². The summed E-state index contributed by atoms with van der Waals surface area (Å²) >= 11 is 0. The van der Waals surface area contributed by atoms with E-state index >= 15 is 0 Å². The van der Waals surface area contributed by atoms with Gasteiger partial charge in [0.15, 0.2) is 0 Å². The lowest BCUT2D eigenvalue weighted by molar-refractivity contribution is 0.0945. The predicted molar refractivity (Wildman–Crippen MR) is 93.6 cm³/mol. The van der Waals surface area contributed by atoms with Crippen LogP contribution in [-0.2, 0) is 13.0 Å². The van der Waals surface area contributed by atoms with Gasteiger partial charge >= 0.3 is 0 Å². The first-order chi connectivity index (χ1) is 11.7. The van der Waals surface area contributed by atoms with Gasteiger partial charge in [0, 0.05) is 19.3 Å². The van der Waals surface area contributed by atoms with Crippen molar-refractivity contribution in [1.29, 1.82) is 0 Å². The summed E-state index contributed by atoms with van der Waals surface area (Å²) in [4.78, 5) is 23.2. The topological polar surface area (TPSA) is 58.1 Å². The molecule has 1 N–H and O–H groups in total. The molecule has 0 bridgehead atoms. The van der Waals surface area contributed by atoms with E-state index < -0.39 is 0 Å². The Morgan fingerprint density at radius 2 is 2.08 bits per heavy atom. The molecule has 2 heterocycles. The van der Waals surface area contributed by atoms with E-state index in [1.54, 1.807) is 12.4 Å². The van der Waals surface area contributed by atoms with Gasteiger partial charge in [-0.2, -0.15) is 0 Å². The number of nitrogens with one attached hydrogen (secondary N) is 1. The van der Waals surface area contributed by atoms with Crippen molar-refractivity contribution in [2.75, 3.05) is 20.1 Å². The third-order valence-electron chi connectivity index (χ3n) is 4.45. The predicted octanol–water partition coefficient (Wildman–Crippen LogP) is 2.29. The maximum absolute atomic E-state index is 12.1. The Balaban J connectivity index is 1.52. The number of aromatic nitrogens is 2. The van der Waals surface area contributed by atoms with Gasteiger partial charge in [0.05, 0.1) is 11.9 Å². The molecule has 126 valence electrons. The number of nitrogens with zero attached hydrogens (tertiary/aromatic N) is 3. The highest BCUT2D eigenvalue weighted by Crippen LogP contribution is 2.18. The molecular formula is C19H24N4O. The Hall–Kier alpha value is -2.27. The second-order valence-corrected chi connectivity index (χ2v) is 6.54. The summed E-state index contributed by atoms with van der Waals surface area (Å²) < 4.78 is 0. The Kier molecular flexibility index (Phi) is 5.54. The highest BCUT2D eigenvalue weighted by atomic mass is 16.1. The molecular weight excluding hydrogens is 300 g/mol. The first kappa shape index (κ1) is 16.6. The minimum Gasteiger partial charge on any atom is -0.347 e. The Labute approximate surface area is 143 Å². The summed E-state index contributed by atoms with van der Waals surface area (Å²) in [6.45, 7) is 2.79. The van der Waals surface area contributed by atoms with Gasteiger partial charge < -0.3 is 10.2 Å². The van der Waals surface area contributed by atoms with E-state index in [2.05, 4.69) is 27.2 Å². The van der Waals surface area contributed by atoms with Crippen LogP contribution < -0.4 is 5.32 Å². The van der Waals surface area contributed by atoms with Crippen molar-refractivity contribution >= 4 is 5.91 Å². The number of hydrogen-bond donors (Lipinski definition) is 1. The van der Waals surface area contributed by atoms with Gasteiger partial charge in [-0.3, -0.25) is 9.78 Å². The second kappa shape index (κ2) is 8.02. The summed E-state index contributed by atoms with van der Waals surface area (Å²) in [6.07, 6.45) is 6.75. The summed E-state index contributed by atoms with van der Waals surface area (Å²) in [5.41, 5.74) is 2.40. The fourth-order valence-electron chi connectivity index (χ4n) is 3.18. The maximum atomic E-state index is 12.1. The van der Waals surface area contributed by atoms with Gasteiger partial charge in [-0.15, -0.1) is 0 Å². The largest absolute Gasteiger partial charge is 0.347 e. The summed E-state index contributed by atoms with van der Waals surface area (Å²) in [5, 5.41) is 2.87. The van der Waals surface area contributed by atoms with Gasteiger partial charge in [0.25, 0.3) is 5.91 Å². The number of hydrogen-bond acceptors (Lipinski definition) is 4. The maximum Gasteiger partial charge on any atom is 0.271 e. The SMILES string of the molecule is CN1CCCC(Cc2cnc(C(=O)NCc3ccccc3)cn2)C1. The number of carbonyl (C=O) groups excluding carboxylic acids is 1. The lowest BCUT2D eigenvalue weighted by atomic mass is 9.94. The minimum absolute atomic E-state index is 0.185. The molecule has 0 spiro atoms. The number of benzene rings is 1. The molecule has 1 amide bonds. The molecule has 1 aliphatic rings. The quantitative estimate of drug-likeness (QED) is 0.917. The number of piperidine rings is 1. The number of carbonyl (C=O) groups is 1. The van der Waals surface area contributed by atoms with Crippen LogP contribution in [0.25, 0.3) is 0 Å². The van der Waals surface area contributed by atoms with E-state index in [0.717, 1.165) is 24.2 Å². The van der Waals surface area contributed by atoms with E-state index in [1.165, 1.54) is 19.4 Å². The first-order valence-electron chi connectivity index (χ1n) is 8.52. The third kappa shape index (κ3) is 4.61. The second-order valence-electron chi connectivity index (χ2n) is 6.54. The summed E-state index contributed by atoms with van der Waals surface area (Å²) in [7, 11) is 2.16. The van der Waals surface area contributed by atoms with Crippen LogP contribution in [0, 0.1) is 5.92 Å². The molecule has 1 unspecified atom stereocenters. The van der Waals surface area contributed by atoms with Crippen LogP contribution in [0.1, 0.15) is 34.6 Å². The highest BCUT2D eigenvalue weighted by Gasteiger charge is 2.18. The van der Waals surface area contributed by atoms with Gasteiger partial charge in [0.2, 0.25) is 0 Å². The molecule has 1 aromatic carbocycles. The molecule has 1 fully saturated rings. The van der Waals surface area contributed by atoms with Crippen LogP contribution in [0.15, 0.2) is 42.7 Å². The zero-order valence-corrected chi connectivity index (χ0v) is 14.1. The molecule has 1 atom stereocenters. The zero-order valence-electron chi connectivity index (χ0n) is 14.1. The highest BCUT2D eigenvalue weighted by molar-refractivity contribution is 5.91. The van der Waals surface area contributed by atoms with Crippen LogP contribution in [0.2, 0.25) is 0 Å². The fourth-order valence-corrected chi connectivity index (χ4v) is 3.18. The van der Waals surface area contributed by atoms with Crippen molar-refractivity contribution in [3.63, 3.8) is 0 Å². The van der Waals surface area contributed by atoms with E-state index in [9.17, 15) is 4.79 Å². The van der Waals surface area contributed by atoms with Crippen molar-refractivity contribution in [1.82, 2.24) is 20.2 Å². The average molecular weight is 324 g/mol. The molecule has 5 nitrogen and oxygen atoms in total. The monoisotopic (exact) mass is 324 g/mol. The molecule has 24 heavy (non-hydrogen) atoms. The molecule has 5 heteroatoms. The van der Waals surface area contributed by atoms with E-state index in [-0.39, 0.29) is 5.91 Å². The summed E-state index contributed by atoms with van der Waals surface area (Å²) in [6, 6.07) is 9.84. The van der Waals surface area contributed by atoms with Crippen molar-refractivity contribution in [2.24, 2.45) is 5.92 Å². The first-order valence-corrected chi connectivity index (χ1v) is 8.52. The van der Waals surface area contributed by atoms with Gasteiger partial charge in [-0.05, 0) is 44.3 Å². The minimum atomic E-state index is -0.185. The van der Waals surface area contributed by atoms with E-state index in [4.69, 9.17) is 0 Å². The van der Waals surface area contributed by atoms with E-state index in [1.807, 2.05) is 30.3 Å². The molecule has 3 rings (SSSR count). The molecule has 2 aromatic rings. The molecule has 1 saturated heterocycles. The Bertz CT molecular complexity index is 657. The van der Waals surface area contributed by atoms with Crippen molar-refractivity contribution in [3.05, 3.63) is 59.7 Å². The smallest absolute Gasteiger partial charge is 0.271 e. The normalized spacial score (nSPS) is 18.3. The van der Waals surface area contributed by atoms with Crippen molar-refractivity contribution < 1.29 is 4.79 Å². The molecule has 1 aromatic heterocycles. The Morgan fingerprint density at radius 1 is 1.25 bits per heavy atom. The van der Waals surface area contributed by atoms with Gasteiger partial charge in [-0.25, -0.2) is 4.98 Å². The summed E-state index contributed by atoms with van der Waals surface area (Å²) in [5.74, 6) is 0.450. The van der Waals surface area contributed by atoms with Gasteiger partial charge in [-0.1, -0.05) is 30.3 Å². The zero-order chi connectivity index (χ0) is 16.8. The van der Waals surface area contributed by atoms with Crippen LogP contribution >= 0.6 is 0 Å². The lowest BCUT2D eigenvalue weighted by Gasteiger charge is -2.29. The average Bonchev–Trinajstić information content (AvgIpc) is 2.61. The molecule has 0 radical (unpaired) electrons. The van der Waals surface area contributed by atoms with Gasteiger partial charge in [0.1, 0.15) is 5.69 Å². The van der Waals surface area contributed by atoms with E-state index in [0.29, 0.717) is 18.2 Å².